The summed E-state index contributed by atoms with van der Waals surface area (Å²) in [6, 6.07) is 14.6. The Hall–Kier alpha value is -4.34. The number of carbonyl (C=O) groups excluding carboxylic acids is 3. The van der Waals surface area contributed by atoms with Crippen molar-refractivity contribution in [3.05, 3.63) is 71.9 Å². The third-order valence-electron chi connectivity index (χ3n) is 6.28. The number of amides is 3. The minimum atomic E-state index is -1.43. The molecule has 0 radical (unpaired) electrons. The van der Waals surface area contributed by atoms with Crippen molar-refractivity contribution in [2.24, 2.45) is 0 Å². The van der Waals surface area contributed by atoms with Crippen LogP contribution in [0.1, 0.15) is 52.2 Å². The lowest BCUT2D eigenvalue weighted by Crippen LogP contribution is -2.60. The van der Waals surface area contributed by atoms with Gasteiger partial charge < -0.3 is 30.8 Å². The number of hydrogen-bond acceptors (Lipinski definition) is 5. The van der Waals surface area contributed by atoms with Crippen LogP contribution in [0, 0.1) is 0 Å². The second-order valence-corrected chi connectivity index (χ2v) is 11.3. The second-order valence-electron chi connectivity index (χ2n) is 11.3. The lowest BCUT2D eigenvalue weighted by atomic mass is 10.00. The van der Waals surface area contributed by atoms with E-state index in [1.165, 1.54) is 13.8 Å². The van der Waals surface area contributed by atoms with Gasteiger partial charge in [-0.2, -0.15) is 0 Å². The zero-order valence-electron chi connectivity index (χ0n) is 23.5. The highest BCUT2D eigenvalue weighted by atomic mass is 16.6. The predicted molar refractivity (Wildman–Crippen MR) is 152 cm³/mol. The molecule has 2 aromatic carbocycles. The minimum absolute atomic E-state index is 0.0924. The number of aromatic nitrogens is 1. The van der Waals surface area contributed by atoms with Gasteiger partial charge in [0.25, 0.3) is 0 Å². The molecule has 3 rings (SSSR count). The number of fused-ring (bicyclic) bond motifs is 1. The number of hydrogen-bond donors (Lipinski definition) is 5. The number of carbonyl (C=O) groups is 4. The van der Waals surface area contributed by atoms with Crippen LogP contribution in [0.25, 0.3) is 10.9 Å². The van der Waals surface area contributed by atoms with E-state index in [9.17, 15) is 24.3 Å². The molecular weight excluding hydrogens is 512 g/mol. The maximum Gasteiger partial charge on any atom is 0.408 e. The molecule has 0 bridgehead atoms. The third kappa shape index (κ3) is 8.59. The van der Waals surface area contributed by atoms with Crippen molar-refractivity contribution in [1.29, 1.82) is 0 Å². The average molecular weight is 551 g/mol. The van der Waals surface area contributed by atoms with Crippen molar-refractivity contribution in [3.8, 4) is 0 Å². The number of nitrogens with one attached hydrogen (secondary N) is 4. The Kier molecular flexibility index (Phi) is 9.57. The molecular formula is C30H38N4O6. The first-order valence-corrected chi connectivity index (χ1v) is 13.2. The number of ether oxygens (including phenoxy) is 1. The summed E-state index contributed by atoms with van der Waals surface area (Å²) in [7, 11) is 0. The highest BCUT2D eigenvalue weighted by molar-refractivity contribution is 5.95. The van der Waals surface area contributed by atoms with Crippen molar-refractivity contribution in [3.63, 3.8) is 0 Å². The number of alkyl carbamates (subject to hydrolysis) is 1. The van der Waals surface area contributed by atoms with Crippen molar-refractivity contribution >= 4 is 34.8 Å². The Balaban J connectivity index is 1.80. The summed E-state index contributed by atoms with van der Waals surface area (Å²) in [5.74, 6) is -2.45. The molecule has 0 unspecified atom stereocenters. The van der Waals surface area contributed by atoms with E-state index < -0.39 is 47.1 Å². The zero-order valence-corrected chi connectivity index (χ0v) is 23.5. The molecule has 1 heterocycles. The summed E-state index contributed by atoms with van der Waals surface area (Å²) in [6.07, 6.45) is 1.69. The maximum absolute atomic E-state index is 13.5. The zero-order chi connectivity index (χ0) is 29.5. The lowest BCUT2D eigenvalue weighted by molar-refractivity contribution is -0.142. The predicted octanol–water partition coefficient (Wildman–Crippen LogP) is 3.70. The Morgan fingerprint density at radius 2 is 1.55 bits per heavy atom. The maximum atomic E-state index is 13.5. The summed E-state index contributed by atoms with van der Waals surface area (Å²) in [5.41, 5.74) is 0.383. The molecule has 1 aromatic heterocycles. The van der Waals surface area contributed by atoms with E-state index >= 15 is 0 Å². The van der Waals surface area contributed by atoms with Gasteiger partial charge in [0.2, 0.25) is 11.8 Å². The van der Waals surface area contributed by atoms with E-state index in [2.05, 4.69) is 20.9 Å². The van der Waals surface area contributed by atoms with Gasteiger partial charge in [-0.25, -0.2) is 9.59 Å². The second kappa shape index (κ2) is 12.7. The molecule has 40 heavy (non-hydrogen) atoms. The minimum Gasteiger partial charge on any atom is -0.480 e. The molecule has 3 amide bonds. The average Bonchev–Trinajstić information content (AvgIpc) is 3.27. The molecule has 5 N–H and O–H groups in total. The van der Waals surface area contributed by atoms with E-state index in [-0.39, 0.29) is 12.8 Å². The highest BCUT2D eigenvalue weighted by Gasteiger charge is 2.35. The Morgan fingerprint density at radius 1 is 0.900 bits per heavy atom. The quantitative estimate of drug-likeness (QED) is 0.246. The number of aromatic amines is 1. The summed E-state index contributed by atoms with van der Waals surface area (Å²) < 4.78 is 5.27. The van der Waals surface area contributed by atoms with Crippen LogP contribution in [0.5, 0.6) is 0 Å². The Bertz CT molecular complexity index is 1340. The summed E-state index contributed by atoms with van der Waals surface area (Å²) in [6.45, 7) is 8.10. The topological polar surface area (TPSA) is 150 Å². The number of carboxylic acids is 1. The normalized spacial score (nSPS) is 13.2. The monoisotopic (exact) mass is 550 g/mol. The standard InChI is InChI=1S/C30H38N4O6/c1-29(2,3)40-28(39)34-30(4,5)27(38)33-24(17-20-18-31-22-14-10-9-13-21(20)22)25(35)32-23(26(36)37)16-15-19-11-7-6-8-12-19/h6-14,18,23-24,31H,15-17H2,1-5H3,(H,32,35)(H,33,38)(H,34,39)(H,36,37)/t23-,24-/m1/s1. The lowest BCUT2D eigenvalue weighted by Gasteiger charge is -2.30. The third-order valence-corrected chi connectivity index (χ3v) is 6.28. The molecule has 0 aliphatic heterocycles. The van der Waals surface area contributed by atoms with Crippen LogP contribution >= 0.6 is 0 Å². The van der Waals surface area contributed by atoms with Gasteiger partial charge in [-0.1, -0.05) is 48.5 Å². The molecule has 10 heteroatoms. The van der Waals surface area contributed by atoms with E-state index in [1.54, 1.807) is 27.0 Å². The van der Waals surface area contributed by atoms with Crippen molar-refractivity contribution < 1.29 is 29.0 Å². The molecule has 0 aliphatic rings. The number of aryl methyl sites for hydroxylation is 1. The van der Waals surface area contributed by atoms with E-state index in [0.29, 0.717) is 6.42 Å². The van der Waals surface area contributed by atoms with Crippen molar-refractivity contribution in [2.45, 2.75) is 77.1 Å². The number of H-pyrrole nitrogens is 1. The van der Waals surface area contributed by atoms with Gasteiger partial charge >= 0.3 is 12.1 Å². The summed E-state index contributed by atoms with van der Waals surface area (Å²) in [4.78, 5) is 54.3. The molecule has 10 nitrogen and oxygen atoms in total. The van der Waals surface area contributed by atoms with Gasteiger partial charge in [0.15, 0.2) is 0 Å². The molecule has 0 spiro atoms. The number of benzene rings is 2. The van der Waals surface area contributed by atoms with Crippen LogP contribution < -0.4 is 16.0 Å². The molecule has 2 atom stereocenters. The van der Waals surface area contributed by atoms with Crippen molar-refractivity contribution in [2.75, 3.05) is 0 Å². The largest absolute Gasteiger partial charge is 0.480 e. The van der Waals surface area contributed by atoms with Crippen molar-refractivity contribution in [1.82, 2.24) is 20.9 Å². The first-order valence-electron chi connectivity index (χ1n) is 13.2. The molecule has 0 aliphatic carbocycles. The molecule has 0 saturated heterocycles. The first-order chi connectivity index (χ1) is 18.7. The number of rotatable bonds is 11. The van der Waals surface area contributed by atoms with E-state index in [0.717, 1.165) is 22.0 Å². The van der Waals surface area contributed by atoms with Gasteiger partial charge in [0.05, 0.1) is 0 Å². The van der Waals surface area contributed by atoms with Gasteiger partial charge in [-0.3, -0.25) is 9.59 Å². The van der Waals surface area contributed by atoms with E-state index in [4.69, 9.17) is 4.74 Å². The SMILES string of the molecule is CC(C)(C)OC(=O)NC(C)(C)C(=O)N[C@H](Cc1c[nH]c2ccccc12)C(=O)N[C@H](CCc1ccccc1)C(=O)O. The van der Waals surface area contributed by atoms with Crippen LogP contribution in [-0.4, -0.2) is 57.2 Å². The summed E-state index contributed by atoms with van der Waals surface area (Å²) in [5, 5.41) is 18.5. The van der Waals surface area contributed by atoms with Gasteiger partial charge in [0.1, 0.15) is 23.2 Å². The Morgan fingerprint density at radius 3 is 2.20 bits per heavy atom. The molecule has 214 valence electrons. The first kappa shape index (κ1) is 30.2. The smallest absolute Gasteiger partial charge is 0.408 e. The molecule has 0 fully saturated rings. The van der Waals surface area contributed by atoms with Gasteiger partial charge in [-0.15, -0.1) is 0 Å². The fourth-order valence-corrected chi connectivity index (χ4v) is 4.17. The molecule has 3 aromatic rings. The highest BCUT2D eigenvalue weighted by Crippen LogP contribution is 2.20. The Labute approximate surface area is 233 Å². The van der Waals surface area contributed by atoms with E-state index in [1.807, 2.05) is 54.6 Å². The van der Waals surface area contributed by atoms with Crippen LogP contribution in [0.4, 0.5) is 4.79 Å². The fourth-order valence-electron chi connectivity index (χ4n) is 4.17. The van der Waals surface area contributed by atoms with Crippen LogP contribution in [0.15, 0.2) is 60.8 Å². The summed E-state index contributed by atoms with van der Waals surface area (Å²) >= 11 is 0. The van der Waals surface area contributed by atoms with Gasteiger partial charge in [-0.05, 0) is 64.7 Å². The number of para-hydroxylation sites is 1. The number of aliphatic carboxylic acids is 1. The number of carboxylic acid groups (broad SMARTS) is 1. The fraction of sp³-hybridized carbons (Fsp3) is 0.400. The van der Waals surface area contributed by atoms with Gasteiger partial charge in [0, 0.05) is 23.5 Å². The van der Waals surface area contributed by atoms with Crippen LogP contribution in [0.2, 0.25) is 0 Å². The molecule has 0 saturated carbocycles. The van der Waals surface area contributed by atoms with Crippen LogP contribution in [0.3, 0.4) is 0 Å². The van der Waals surface area contributed by atoms with Crippen LogP contribution in [-0.2, 0) is 32.0 Å².